The van der Waals surface area contributed by atoms with E-state index in [1.165, 1.54) is 45.7 Å². The van der Waals surface area contributed by atoms with Crippen LogP contribution in [-0.2, 0) is 14.8 Å². The van der Waals surface area contributed by atoms with Crippen LogP contribution >= 0.6 is 11.6 Å². The van der Waals surface area contributed by atoms with Crippen molar-refractivity contribution in [1.82, 2.24) is 5.43 Å². The molecule has 0 aliphatic rings. The number of sulfonamides is 1. The minimum absolute atomic E-state index is 0.0399. The predicted molar refractivity (Wildman–Crippen MR) is 139 cm³/mol. The van der Waals surface area contributed by atoms with Crippen molar-refractivity contribution in [3.8, 4) is 17.2 Å². The van der Waals surface area contributed by atoms with Crippen LogP contribution in [0, 0.1) is 6.92 Å². The number of ether oxygens (including phenoxy) is 3. The van der Waals surface area contributed by atoms with E-state index in [4.69, 9.17) is 25.8 Å². The van der Waals surface area contributed by atoms with Crippen molar-refractivity contribution in [2.45, 2.75) is 11.8 Å². The second-order valence-electron chi connectivity index (χ2n) is 7.51. The van der Waals surface area contributed by atoms with Crippen LogP contribution in [0.5, 0.6) is 17.2 Å². The highest BCUT2D eigenvalue weighted by Crippen LogP contribution is 2.37. The first kappa shape index (κ1) is 26.8. The molecule has 0 heterocycles. The van der Waals surface area contributed by atoms with E-state index < -0.39 is 22.5 Å². The third kappa shape index (κ3) is 6.07. The zero-order valence-corrected chi connectivity index (χ0v) is 21.8. The number of benzene rings is 3. The van der Waals surface area contributed by atoms with E-state index in [0.29, 0.717) is 33.4 Å². The molecular weight excluding hydrogens is 506 g/mol. The van der Waals surface area contributed by atoms with Gasteiger partial charge in [-0.15, -0.1) is 0 Å². The largest absolute Gasteiger partial charge is 0.493 e. The Morgan fingerprint density at radius 3 is 2.22 bits per heavy atom. The van der Waals surface area contributed by atoms with Gasteiger partial charge in [0, 0.05) is 10.6 Å². The molecule has 0 unspecified atom stereocenters. The number of carbonyl (C=O) groups excluding carboxylic acids is 1. The lowest BCUT2D eigenvalue weighted by molar-refractivity contribution is -0.119. The van der Waals surface area contributed by atoms with Gasteiger partial charge in [0.15, 0.2) is 11.5 Å². The van der Waals surface area contributed by atoms with E-state index >= 15 is 0 Å². The standard InChI is InChI=1S/C25H26ClN3O6S/c1-17-10-11-19(26)14-21(17)29(36(31,32)20-8-6-5-7-9-20)16-24(30)28-27-15-18-12-22(33-2)25(35-4)23(13-18)34-3/h5-15H,16H2,1-4H3,(H,28,30)/b27-15-. The van der Waals surface area contributed by atoms with Crippen LogP contribution in [0.4, 0.5) is 5.69 Å². The van der Waals surface area contributed by atoms with Gasteiger partial charge in [-0.3, -0.25) is 9.10 Å². The Hall–Kier alpha value is -3.76. The first-order valence-corrected chi connectivity index (χ1v) is 12.5. The van der Waals surface area contributed by atoms with E-state index in [0.717, 1.165) is 4.31 Å². The Morgan fingerprint density at radius 2 is 1.64 bits per heavy atom. The molecule has 9 nitrogen and oxygen atoms in total. The molecule has 36 heavy (non-hydrogen) atoms. The van der Waals surface area contributed by atoms with Crippen molar-refractivity contribution in [3.05, 3.63) is 76.8 Å². The number of nitrogens with zero attached hydrogens (tertiary/aromatic N) is 2. The molecule has 3 aromatic rings. The fourth-order valence-corrected chi connectivity index (χ4v) is 5.06. The average molecular weight is 532 g/mol. The minimum Gasteiger partial charge on any atom is -0.493 e. The minimum atomic E-state index is -4.08. The third-order valence-electron chi connectivity index (χ3n) is 5.15. The molecule has 3 aromatic carbocycles. The maximum Gasteiger partial charge on any atom is 0.264 e. The molecule has 0 atom stereocenters. The molecule has 1 amide bonds. The van der Waals surface area contributed by atoms with Crippen molar-refractivity contribution in [2.24, 2.45) is 5.10 Å². The third-order valence-corrected chi connectivity index (χ3v) is 7.16. The highest BCUT2D eigenvalue weighted by molar-refractivity contribution is 7.92. The van der Waals surface area contributed by atoms with Crippen LogP contribution in [0.3, 0.4) is 0 Å². The van der Waals surface area contributed by atoms with E-state index in [2.05, 4.69) is 10.5 Å². The molecule has 0 spiro atoms. The summed E-state index contributed by atoms with van der Waals surface area (Å²) in [4.78, 5) is 12.8. The second kappa shape index (κ2) is 11.8. The fraction of sp³-hybridized carbons (Fsp3) is 0.200. The summed E-state index contributed by atoms with van der Waals surface area (Å²) in [7, 11) is 0.386. The molecule has 3 rings (SSSR count). The van der Waals surface area contributed by atoms with Gasteiger partial charge in [0.2, 0.25) is 5.75 Å². The Labute approximate surface area is 215 Å². The number of hydrazone groups is 1. The molecule has 1 N–H and O–H groups in total. The molecule has 190 valence electrons. The lowest BCUT2D eigenvalue weighted by Gasteiger charge is -2.25. The lowest BCUT2D eigenvalue weighted by Crippen LogP contribution is -2.40. The number of halogens is 1. The Balaban J connectivity index is 1.87. The number of nitrogens with one attached hydrogen (secondary N) is 1. The smallest absolute Gasteiger partial charge is 0.264 e. The summed E-state index contributed by atoms with van der Waals surface area (Å²) in [5.74, 6) is 0.597. The summed E-state index contributed by atoms with van der Waals surface area (Å²) in [6.07, 6.45) is 1.38. The van der Waals surface area contributed by atoms with Gasteiger partial charge in [-0.1, -0.05) is 35.9 Å². The summed E-state index contributed by atoms with van der Waals surface area (Å²) in [5.41, 5.74) is 3.85. The first-order valence-electron chi connectivity index (χ1n) is 10.7. The van der Waals surface area contributed by atoms with Crippen molar-refractivity contribution in [1.29, 1.82) is 0 Å². The molecule has 0 fully saturated rings. The Bertz CT molecular complexity index is 1340. The quantitative estimate of drug-likeness (QED) is 0.313. The SMILES string of the molecule is COc1cc(/C=N\NC(=O)CN(c2cc(Cl)ccc2C)S(=O)(=O)c2ccccc2)cc(OC)c1OC. The lowest BCUT2D eigenvalue weighted by atomic mass is 10.2. The van der Waals surface area contributed by atoms with Gasteiger partial charge in [0.05, 0.1) is 38.1 Å². The van der Waals surface area contributed by atoms with Gasteiger partial charge in [-0.2, -0.15) is 5.10 Å². The number of hydrogen-bond acceptors (Lipinski definition) is 7. The summed E-state index contributed by atoms with van der Waals surface area (Å²) in [6, 6.07) is 16.0. The molecule has 11 heteroatoms. The summed E-state index contributed by atoms with van der Waals surface area (Å²) in [5, 5.41) is 4.30. The van der Waals surface area contributed by atoms with Crippen LogP contribution in [0.15, 0.2) is 70.7 Å². The number of methoxy groups -OCH3 is 3. The molecule has 0 aliphatic carbocycles. The second-order valence-corrected chi connectivity index (χ2v) is 9.81. The normalized spacial score (nSPS) is 11.2. The highest BCUT2D eigenvalue weighted by Gasteiger charge is 2.28. The van der Waals surface area contributed by atoms with Gasteiger partial charge in [0.1, 0.15) is 6.54 Å². The number of anilines is 1. The van der Waals surface area contributed by atoms with Crippen molar-refractivity contribution < 1.29 is 27.4 Å². The number of rotatable bonds is 10. The van der Waals surface area contributed by atoms with Gasteiger partial charge in [0.25, 0.3) is 15.9 Å². The summed E-state index contributed by atoms with van der Waals surface area (Å²) in [6.45, 7) is 1.21. The number of hydrogen-bond donors (Lipinski definition) is 1. The van der Waals surface area contributed by atoms with Gasteiger partial charge in [-0.25, -0.2) is 13.8 Å². The zero-order chi connectivity index (χ0) is 26.3. The topological polar surface area (TPSA) is 107 Å². The average Bonchev–Trinajstić information content (AvgIpc) is 2.88. The van der Waals surface area contributed by atoms with Crippen molar-refractivity contribution in [3.63, 3.8) is 0 Å². The molecule has 0 bridgehead atoms. The molecule has 0 aliphatic heterocycles. The van der Waals surface area contributed by atoms with E-state index in [1.54, 1.807) is 49.4 Å². The van der Waals surface area contributed by atoms with Crippen molar-refractivity contribution in [2.75, 3.05) is 32.2 Å². The molecular formula is C25H26ClN3O6S. The van der Waals surface area contributed by atoms with Gasteiger partial charge < -0.3 is 14.2 Å². The summed E-state index contributed by atoms with van der Waals surface area (Å²) < 4.78 is 43.8. The number of aryl methyl sites for hydroxylation is 1. The zero-order valence-electron chi connectivity index (χ0n) is 20.2. The van der Waals surface area contributed by atoms with E-state index in [9.17, 15) is 13.2 Å². The van der Waals surface area contributed by atoms with Crippen LogP contribution < -0.4 is 23.9 Å². The van der Waals surface area contributed by atoms with Crippen molar-refractivity contribution >= 4 is 39.4 Å². The Morgan fingerprint density at radius 1 is 1.00 bits per heavy atom. The summed E-state index contributed by atoms with van der Waals surface area (Å²) >= 11 is 6.14. The maximum absolute atomic E-state index is 13.5. The molecule has 0 aromatic heterocycles. The molecule has 0 radical (unpaired) electrons. The van der Waals surface area contributed by atoms with Gasteiger partial charge >= 0.3 is 0 Å². The van der Waals surface area contributed by atoms with Crippen LogP contribution in [-0.4, -0.2) is 48.4 Å². The molecule has 0 saturated carbocycles. The number of amides is 1. The van der Waals surface area contributed by atoms with E-state index in [1.807, 2.05) is 0 Å². The van der Waals surface area contributed by atoms with Crippen LogP contribution in [0.25, 0.3) is 0 Å². The first-order chi connectivity index (χ1) is 17.2. The Kier molecular flexibility index (Phi) is 8.78. The monoisotopic (exact) mass is 531 g/mol. The van der Waals surface area contributed by atoms with E-state index in [-0.39, 0.29) is 10.6 Å². The maximum atomic E-state index is 13.5. The van der Waals surface area contributed by atoms with Crippen LogP contribution in [0.1, 0.15) is 11.1 Å². The highest BCUT2D eigenvalue weighted by atomic mass is 35.5. The fourth-order valence-electron chi connectivity index (χ4n) is 3.39. The predicted octanol–water partition coefficient (Wildman–Crippen LogP) is 4.02. The van der Waals surface area contributed by atoms with Crippen LogP contribution in [0.2, 0.25) is 5.02 Å². The molecule has 0 saturated heterocycles. The number of carbonyl (C=O) groups is 1. The van der Waals surface area contributed by atoms with Gasteiger partial charge in [-0.05, 0) is 48.9 Å².